The van der Waals surface area contributed by atoms with E-state index in [1.165, 1.54) is 17.7 Å². The average Bonchev–Trinajstić information content (AvgIpc) is 2.48. The zero-order valence-electron chi connectivity index (χ0n) is 11.1. The zero-order valence-corrected chi connectivity index (χ0v) is 11.1. The van der Waals surface area contributed by atoms with Gasteiger partial charge in [0, 0.05) is 12.1 Å². The first-order valence-electron chi connectivity index (χ1n) is 6.31. The van der Waals surface area contributed by atoms with Gasteiger partial charge in [-0.05, 0) is 29.7 Å². The summed E-state index contributed by atoms with van der Waals surface area (Å²) in [7, 11) is 0. The maximum Gasteiger partial charge on any atom is 0.269 e. The van der Waals surface area contributed by atoms with Crippen LogP contribution in [0, 0.1) is 10.1 Å². The molecule has 2 aromatic rings. The number of nitro benzene ring substituents is 1. The molecule has 0 spiro atoms. The van der Waals surface area contributed by atoms with Crippen molar-refractivity contribution in [2.75, 3.05) is 5.43 Å². The first-order valence-corrected chi connectivity index (χ1v) is 6.31. The lowest BCUT2D eigenvalue weighted by molar-refractivity contribution is -0.384. The molecule has 20 heavy (non-hydrogen) atoms. The van der Waals surface area contributed by atoms with E-state index in [1.54, 1.807) is 18.3 Å². The van der Waals surface area contributed by atoms with Crippen molar-refractivity contribution in [2.24, 2.45) is 5.10 Å². The molecule has 2 aromatic carbocycles. The monoisotopic (exact) mass is 269 g/mol. The summed E-state index contributed by atoms with van der Waals surface area (Å²) < 4.78 is 0. The fourth-order valence-electron chi connectivity index (χ4n) is 1.68. The number of nitro groups is 1. The van der Waals surface area contributed by atoms with Crippen molar-refractivity contribution in [1.29, 1.82) is 0 Å². The van der Waals surface area contributed by atoms with Crippen LogP contribution in [0.1, 0.15) is 18.1 Å². The van der Waals surface area contributed by atoms with Crippen molar-refractivity contribution in [3.05, 3.63) is 69.8 Å². The number of rotatable bonds is 5. The number of nitrogens with one attached hydrogen (secondary N) is 1. The second-order valence-corrected chi connectivity index (χ2v) is 4.27. The van der Waals surface area contributed by atoms with Crippen molar-refractivity contribution in [1.82, 2.24) is 0 Å². The van der Waals surface area contributed by atoms with Gasteiger partial charge in [0.05, 0.1) is 16.8 Å². The van der Waals surface area contributed by atoms with E-state index in [1.807, 2.05) is 12.1 Å². The molecule has 0 heterocycles. The average molecular weight is 269 g/mol. The smallest absolute Gasteiger partial charge is 0.269 e. The van der Waals surface area contributed by atoms with Crippen molar-refractivity contribution in [3.63, 3.8) is 0 Å². The molecule has 0 atom stereocenters. The van der Waals surface area contributed by atoms with E-state index >= 15 is 0 Å². The van der Waals surface area contributed by atoms with E-state index in [0.29, 0.717) is 5.69 Å². The summed E-state index contributed by atoms with van der Waals surface area (Å²) in [5.74, 6) is 0. The summed E-state index contributed by atoms with van der Waals surface area (Å²) in [4.78, 5) is 10.1. The Morgan fingerprint density at radius 2 is 1.80 bits per heavy atom. The molecular weight excluding hydrogens is 254 g/mol. The normalized spacial score (nSPS) is 10.7. The summed E-state index contributed by atoms with van der Waals surface area (Å²) in [5, 5.41) is 14.6. The number of aryl methyl sites for hydroxylation is 1. The molecule has 0 saturated heterocycles. The van der Waals surface area contributed by atoms with Gasteiger partial charge in [0.2, 0.25) is 0 Å². The number of hydrazone groups is 1. The van der Waals surface area contributed by atoms with Crippen LogP contribution in [0.5, 0.6) is 0 Å². The van der Waals surface area contributed by atoms with Crippen LogP contribution in [0.15, 0.2) is 53.6 Å². The van der Waals surface area contributed by atoms with Crippen LogP contribution in [-0.4, -0.2) is 11.1 Å². The van der Waals surface area contributed by atoms with E-state index in [0.717, 1.165) is 12.0 Å². The Labute approximate surface area is 117 Å². The minimum absolute atomic E-state index is 0.0645. The molecule has 0 unspecified atom stereocenters. The Bertz CT molecular complexity index is 604. The number of benzene rings is 2. The molecule has 0 aromatic heterocycles. The van der Waals surface area contributed by atoms with E-state index < -0.39 is 4.92 Å². The molecule has 102 valence electrons. The van der Waals surface area contributed by atoms with Crippen LogP contribution in [0.4, 0.5) is 11.4 Å². The van der Waals surface area contributed by atoms with Crippen LogP contribution < -0.4 is 5.43 Å². The molecule has 0 bridgehead atoms. The van der Waals surface area contributed by atoms with Gasteiger partial charge < -0.3 is 0 Å². The van der Waals surface area contributed by atoms with Gasteiger partial charge in [0.1, 0.15) is 0 Å². The second kappa shape index (κ2) is 6.47. The Morgan fingerprint density at radius 1 is 1.15 bits per heavy atom. The maximum atomic E-state index is 10.5. The molecule has 1 N–H and O–H groups in total. The Morgan fingerprint density at radius 3 is 2.35 bits per heavy atom. The predicted molar refractivity (Wildman–Crippen MR) is 80.1 cm³/mol. The highest BCUT2D eigenvalue weighted by atomic mass is 16.6. The fourth-order valence-corrected chi connectivity index (χ4v) is 1.68. The van der Waals surface area contributed by atoms with E-state index in [9.17, 15) is 10.1 Å². The maximum absolute atomic E-state index is 10.5. The first-order chi connectivity index (χ1) is 9.69. The topological polar surface area (TPSA) is 67.5 Å². The first kappa shape index (κ1) is 13.7. The highest BCUT2D eigenvalue weighted by Gasteiger charge is 2.02. The lowest BCUT2D eigenvalue weighted by Gasteiger charge is -2.00. The molecule has 0 aliphatic heterocycles. The molecule has 5 heteroatoms. The molecule has 0 amide bonds. The number of anilines is 1. The quantitative estimate of drug-likeness (QED) is 0.512. The highest BCUT2D eigenvalue weighted by molar-refractivity contribution is 5.80. The SMILES string of the molecule is CCc1ccc(/C=N/Nc2ccc([N+](=O)[O-])cc2)cc1. The third-order valence-corrected chi connectivity index (χ3v) is 2.87. The summed E-state index contributed by atoms with van der Waals surface area (Å²) in [6, 6.07) is 14.2. The van der Waals surface area contributed by atoms with Gasteiger partial charge in [0.25, 0.3) is 5.69 Å². The summed E-state index contributed by atoms with van der Waals surface area (Å²) in [6.07, 6.45) is 2.72. The van der Waals surface area contributed by atoms with Crippen LogP contribution >= 0.6 is 0 Å². The number of nitrogens with zero attached hydrogens (tertiary/aromatic N) is 2. The minimum Gasteiger partial charge on any atom is -0.278 e. The minimum atomic E-state index is -0.428. The molecule has 0 radical (unpaired) electrons. The largest absolute Gasteiger partial charge is 0.278 e. The van der Waals surface area contributed by atoms with Crippen LogP contribution in [0.2, 0.25) is 0 Å². The molecule has 5 nitrogen and oxygen atoms in total. The third kappa shape index (κ3) is 3.65. The Balaban J connectivity index is 1.96. The van der Waals surface area contributed by atoms with Gasteiger partial charge in [0.15, 0.2) is 0 Å². The van der Waals surface area contributed by atoms with Crippen molar-refractivity contribution in [3.8, 4) is 0 Å². The van der Waals surface area contributed by atoms with Crippen molar-refractivity contribution < 1.29 is 4.92 Å². The molecule has 0 aliphatic rings. The van der Waals surface area contributed by atoms with E-state index in [2.05, 4.69) is 29.6 Å². The predicted octanol–water partition coefficient (Wildman–Crippen LogP) is 3.60. The van der Waals surface area contributed by atoms with Crippen LogP contribution in [0.3, 0.4) is 0 Å². The van der Waals surface area contributed by atoms with Crippen LogP contribution in [0.25, 0.3) is 0 Å². The Hall–Kier alpha value is -2.69. The summed E-state index contributed by atoms with van der Waals surface area (Å²) >= 11 is 0. The number of hydrogen-bond donors (Lipinski definition) is 1. The Kier molecular flexibility index (Phi) is 4.44. The highest BCUT2D eigenvalue weighted by Crippen LogP contribution is 2.15. The van der Waals surface area contributed by atoms with E-state index in [4.69, 9.17) is 0 Å². The lowest BCUT2D eigenvalue weighted by Crippen LogP contribution is -1.92. The number of hydrogen-bond acceptors (Lipinski definition) is 4. The lowest BCUT2D eigenvalue weighted by atomic mass is 10.1. The van der Waals surface area contributed by atoms with Crippen molar-refractivity contribution in [2.45, 2.75) is 13.3 Å². The van der Waals surface area contributed by atoms with Gasteiger partial charge in [-0.1, -0.05) is 31.2 Å². The van der Waals surface area contributed by atoms with Gasteiger partial charge in [-0.2, -0.15) is 5.10 Å². The molecule has 0 aliphatic carbocycles. The van der Waals surface area contributed by atoms with Crippen LogP contribution in [-0.2, 0) is 6.42 Å². The zero-order chi connectivity index (χ0) is 14.4. The van der Waals surface area contributed by atoms with E-state index in [-0.39, 0.29) is 5.69 Å². The number of non-ortho nitro benzene ring substituents is 1. The van der Waals surface area contributed by atoms with Crippen molar-refractivity contribution >= 4 is 17.6 Å². The van der Waals surface area contributed by atoms with Gasteiger partial charge in [-0.15, -0.1) is 0 Å². The van der Waals surface area contributed by atoms with Gasteiger partial charge >= 0.3 is 0 Å². The molecule has 0 fully saturated rings. The fraction of sp³-hybridized carbons (Fsp3) is 0.133. The standard InChI is InChI=1S/C15H15N3O2/c1-2-12-3-5-13(6-4-12)11-16-17-14-7-9-15(10-8-14)18(19)20/h3-11,17H,2H2,1H3/b16-11+. The van der Waals surface area contributed by atoms with Gasteiger partial charge in [-0.25, -0.2) is 0 Å². The molecule has 0 saturated carbocycles. The van der Waals surface area contributed by atoms with Gasteiger partial charge in [-0.3, -0.25) is 15.5 Å². The summed E-state index contributed by atoms with van der Waals surface area (Å²) in [5.41, 5.74) is 5.88. The second-order valence-electron chi connectivity index (χ2n) is 4.27. The molecule has 2 rings (SSSR count). The molecular formula is C15H15N3O2. The third-order valence-electron chi connectivity index (χ3n) is 2.87. The summed E-state index contributed by atoms with van der Waals surface area (Å²) in [6.45, 7) is 2.11.